The van der Waals surface area contributed by atoms with Gasteiger partial charge in [-0.05, 0) is 54.3 Å². The van der Waals surface area contributed by atoms with Crippen molar-refractivity contribution >= 4 is 28.3 Å². The largest absolute Gasteiger partial charge is 0.350 e. The third kappa shape index (κ3) is 4.39. The van der Waals surface area contributed by atoms with Gasteiger partial charge >= 0.3 is 6.03 Å². The fourth-order valence-corrected chi connectivity index (χ4v) is 6.01. The van der Waals surface area contributed by atoms with Gasteiger partial charge < -0.3 is 19.8 Å². The lowest BCUT2D eigenvalue weighted by Gasteiger charge is -2.43. The smallest absolute Gasteiger partial charge is 0.323 e. The summed E-state index contributed by atoms with van der Waals surface area (Å²) >= 11 is 0. The summed E-state index contributed by atoms with van der Waals surface area (Å²) < 4.78 is 4.04. The molecule has 0 radical (unpaired) electrons. The van der Waals surface area contributed by atoms with Crippen molar-refractivity contribution in [1.82, 2.24) is 14.0 Å². The summed E-state index contributed by atoms with van der Waals surface area (Å²) in [6.45, 7) is 3.39. The number of likely N-dealkylation sites (tertiary alicyclic amines) is 1. The molecule has 2 bridgehead atoms. The average molecular weight is 493 g/mol. The van der Waals surface area contributed by atoms with Gasteiger partial charge in [-0.15, -0.1) is 0 Å². The summed E-state index contributed by atoms with van der Waals surface area (Å²) in [5.41, 5.74) is 4.65. The van der Waals surface area contributed by atoms with Crippen molar-refractivity contribution in [3.05, 3.63) is 94.0 Å². The molecular formula is C29H28N6O2. The number of nitrogens with one attached hydrogen (secondary N) is 2. The number of para-hydroxylation sites is 1. The average Bonchev–Trinajstić information content (AvgIpc) is 3.21. The maximum Gasteiger partial charge on any atom is 0.323 e. The minimum absolute atomic E-state index is 0.171. The Morgan fingerprint density at radius 3 is 2.78 bits per heavy atom. The maximum atomic E-state index is 13.3. The van der Waals surface area contributed by atoms with Crippen LogP contribution in [0.2, 0.25) is 0 Å². The number of benzene rings is 2. The molecule has 0 saturated carbocycles. The van der Waals surface area contributed by atoms with E-state index in [1.165, 1.54) is 16.5 Å². The highest BCUT2D eigenvalue weighted by molar-refractivity contribution is 5.99. The van der Waals surface area contributed by atoms with Crippen LogP contribution in [0.15, 0.2) is 71.7 Å². The zero-order valence-electron chi connectivity index (χ0n) is 20.6. The molecule has 4 heterocycles. The first-order chi connectivity index (χ1) is 18.0. The Morgan fingerprint density at radius 2 is 1.92 bits per heavy atom. The number of nitrogens with zero attached hydrogens (tertiary/aromatic N) is 4. The van der Waals surface area contributed by atoms with Gasteiger partial charge in [0.05, 0.1) is 11.6 Å². The topological polar surface area (TPSA) is 95.1 Å². The Balaban J connectivity index is 1.18. The SMILES string of the molecule is Cn1cc(CN2CC3CC(C2)c2ccc(NC(=O)Nc4cccc(C#N)c4)c(=O)n2C3)c2ccccc21. The molecule has 8 heteroatoms. The molecule has 2 aliphatic rings. The summed E-state index contributed by atoms with van der Waals surface area (Å²) in [4.78, 5) is 28.4. The number of rotatable bonds is 4. The van der Waals surface area contributed by atoms with Gasteiger partial charge in [0.25, 0.3) is 5.56 Å². The van der Waals surface area contributed by atoms with Crippen LogP contribution in [0.1, 0.15) is 29.2 Å². The number of pyridine rings is 1. The highest BCUT2D eigenvalue weighted by atomic mass is 16.2. The van der Waals surface area contributed by atoms with E-state index in [0.717, 1.165) is 31.7 Å². The second-order valence-corrected chi connectivity index (χ2v) is 10.1. The molecule has 186 valence electrons. The van der Waals surface area contributed by atoms with E-state index < -0.39 is 6.03 Å². The molecule has 2 N–H and O–H groups in total. The van der Waals surface area contributed by atoms with Gasteiger partial charge in [0.2, 0.25) is 0 Å². The van der Waals surface area contributed by atoms with E-state index in [2.05, 4.69) is 57.6 Å². The number of anilines is 2. The number of carbonyl (C=O) groups excluding carboxylic acids is 1. The third-order valence-electron chi connectivity index (χ3n) is 7.55. The number of urea groups is 1. The number of nitriles is 1. The van der Waals surface area contributed by atoms with E-state index in [9.17, 15) is 9.59 Å². The summed E-state index contributed by atoms with van der Waals surface area (Å²) in [5, 5.41) is 15.7. The van der Waals surface area contributed by atoms with E-state index in [4.69, 9.17) is 5.26 Å². The zero-order chi connectivity index (χ0) is 25.5. The number of aryl methyl sites for hydroxylation is 1. The lowest BCUT2D eigenvalue weighted by atomic mass is 9.83. The first kappa shape index (κ1) is 23.1. The van der Waals surface area contributed by atoms with Gasteiger partial charge in [-0.1, -0.05) is 24.3 Å². The summed E-state index contributed by atoms with van der Waals surface area (Å²) in [6, 6.07) is 20.4. The fourth-order valence-electron chi connectivity index (χ4n) is 6.01. The Labute approximate surface area is 214 Å². The highest BCUT2D eigenvalue weighted by Crippen LogP contribution is 2.36. The molecule has 2 aliphatic heterocycles. The predicted molar refractivity (Wildman–Crippen MR) is 144 cm³/mol. The second kappa shape index (κ2) is 9.26. The van der Waals surface area contributed by atoms with Crippen LogP contribution in [0.25, 0.3) is 10.9 Å². The standard InChI is InChI=1S/C29H28N6O2/c1-33-16-22(24-7-2-3-8-27(24)33)18-34-14-20-11-21(17-34)26-10-9-25(28(36)35(26)15-20)32-29(37)31-23-6-4-5-19(12-23)13-30/h2-10,12,16,20-21H,11,14-15,17-18H2,1H3,(H2,31,32,37). The maximum absolute atomic E-state index is 13.3. The van der Waals surface area contributed by atoms with E-state index >= 15 is 0 Å². The first-order valence-corrected chi connectivity index (χ1v) is 12.6. The molecule has 1 saturated heterocycles. The van der Waals surface area contributed by atoms with E-state index in [0.29, 0.717) is 23.7 Å². The van der Waals surface area contributed by atoms with Gasteiger partial charge in [0.1, 0.15) is 5.69 Å². The molecule has 2 aromatic heterocycles. The van der Waals surface area contributed by atoms with Crippen LogP contribution in [0.5, 0.6) is 0 Å². The molecule has 2 amide bonds. The van der Waals surface area contributed by atoms with Crippen LogP contribution in [-0.4, -0.2) is 33.2 Å². The van der Waals surface area contributed by atoms with Crippen molar-refractivity contribution < 1.29 is 4.79 Å². The Bertz CT molecular complexity index is 1610. The fraction of sp³-hybridized carbons (Fsp3) is 0.276. The van der Waals surface area contributed by atoms with Gasteiger partial charge in [-0.25, -0.2) is 4.79 Å². The van der Waals surface area contributed by atoms with Gasteiger partial charge in [0, 0.05) is 67.6 Å². The van der Waals surface area contributed by atoms with E-state index in [1.807, 2.05) is 16.7 Å². The van der Waals surface area contributed by atoms with Crippen LogP contribution < -0.4 is 16.2 Å². The number of aromatic nitrogens is 2. The van der Waals surface area contributed by atoms with Crippen molar-refractivity contribution in [3.63, 3.8) is 0 Å². The summed E-state index contributed by atoms with van der Waals surface area (Å²) in [6.07, 6.45) is 3.31. The number of fused-ring (bicyclic) bond motifs is 5. The number of amides is 2. The molecule has 37 heavy (non-hydrogen) atoms. The third-order valence-corrected chi connectivity index (χ3v) is 7.55. The van der Waals surface area contributed by atoms with E-state index in [-0.39, 0.29) is 17.2 Å². The predicted octanol–water partition coefficient (Wildman–Crippen LogP) is 4.47. The van der Waals surface area contributed by atoms with Crippen LogP contribution >= 0.6 is 0 Å². The molecule has 6 rings (SSSR count). The minimum atomic E-state index is -0.509. The van der Waals surface area contributed by atoms with Gasteiger partial charge in [-0.2, -0.15) is 5.26 Å². The monoisotopic (exact) mass is 492 g/mol. The van der Waals surface area contributed by atoms with Crippen LogP contribution in [0, 0.1) is 17.2 Å². The van der Waals surface area contributed by atoms with Crippen LogP contribution in [0.3, 0.4) is 0 Å². The molecule has 1 fully saturated rings. The number of hydrogen-bond acceptors (Lipinski definition) is 4. The molecule has 8 nitrogen and oxygen atoms in total. The minimum Gasteiger partial charge on any atom is -0.350 e. The summed E-state index contributed by atoms with van der Waals surface area (Å²) in [5.74, 6) is 0.670. The van der Waals surface area contributed by atoms with Gasteiger partial charge in [0.15, 0.2) is 0 Å². The van der Waals surface area contributed by atoms with E-state index in [1.54, 1.807) is 30.3 Å². The molecule has 0 spiro atoms. The first-order valence-electron chi connectivity index (χ1n) is 12.6. The molecular weight excluding hydrogens is 464 g/mol. The highest BCUT2D eigenvalue weighted by Gasteiger charge is 2.35. The van der Waals surface area contributed by atoms with Crippen molar-refractivity contribution in [2.24, 2.45) is 13.0 Å². The molecule has 4 aromatic rings. The Hall–Kier alpha value is -4.35. The van der Waals surface area contributed by atoms with Crippen molar-refractivity contribution in [2.45, 2.75) is 25.4 Å². The molecule has 0 aliphatic carbocycles. The lowest BCUT2D eigenvalue weighted by molar-refractivity contribution is 0.115. The van der Waals surface area contributed by atoms with Crippen LogP contribution in [-0.2, 0) is 20.1 Å². The van der Waals surface area contributed by atoms with Crippen molar-refractivity contribution in [3.8, 4) is 6.07 Å². The van der Waals surface area contributed by atoms with Gasteiger partial charge in [-0.3, -0.25) is 9.69 Å². The van der Waals surface area contributed by atoms with Crippen molar-refractivity contribution in [2.75, 3.05) is 23.7 Å². The quantitative estimate of drug-likeness (QED) is 0.439. The zero-order valence-corrected chi connectivity index (χ0v) is 20.6. The molecule has 2 aromatic carbocycles. The summed E-state index contributed by atoms with van der Waals surface area (Å²) in [7, 11) is 2.09. The Morgan fingerprint density at radius 1 is 1.05 bits per heavy atom. The van der Waals surface area contributed by atoms with Crippen molar-refractivity contribution in [1.29, 1.82) is 5.26 Å². The number of carbonyl (C=O) groups is 1. The molecule has 2 atom stereocenters. The normalized spacial score (nSPS) is 18.7. The number of piperidine rings is 1. The second-order valence-electron chi connectivity index (χ2n) is 10.1. The lowest BCUT2D eigenvalue weighted by Crippen LogP contribution is -2.47. The Kier molecular flexibility index (Phi) is 5.78. The van der Waals surface area contributed by atoms with Crippen LogP contribution in [0.4, 0.5) is 16.2 Å². The molecule has 2 unspecified atom stereocenters. The number of hydrogen-bond donors (Lipinski definition) is 2.